The number of likely N-dealkylation sites (tertiary alicyclic amines) is 1. The highest BCUT2D eigenvalue weighted by Crippen LogP contribution is 2.34. The summed E-state index contributed by atoms with van der Waals surface area (Å²) in [6, 6.07) is 0.0977. The lowest BCUT2D eigenvalue weighted by Crippen LogP contribution is -2.59. The molecule has 2 fully saturated rings. The Bertz CT molecular complexity index is 244. The van der Waals surface area contributed by atoms with Gasteiger partial charge in [0.05, 0.1) is 19.1 Å². The topological polar surface area (TPSA) is 49.8 Å². The molecule has 0 saturated carbocycles. The number of hydrogen-bond donors (Lipinski definition) is 1. The van der Waals surface area contributed by atoms with E-state index in [1.165, 1.54) is 0 Å². The molecule has 4 heteroatoms. The number of rotatable bonds is 2. The summed E-state index contributed by atoms with van der Waals surface area (Å²) in [4.78, 5) is 13.1. The standard InChI is InChI=1S/C10H17NO3/c1-10(2)5-11(6-10)8-4-14-3-7(8)9(12)13/h7-8H,3-6H2,1-2H3,(H,12,13). The van der Waals surface area contributed by atoms with Crippen molar-refractivity contribution in [1.29, 1.82) is 0 Å². The zero-order valence-corrected chi connectivity index (χ0v) is 8.69. The van der Waals surface area contributed by atoms with Crippen LogP contribution in [0.2, 0.25) is 0 Å². The minimum Gasteiger partial charge on any atom is -0.481 e. The van der Waals surface area contributed by atoms with Crippen molar-refractivity contribution in [1.82, 2.24) is 4.90 Å². The normalized spacial score (nSPS) is 36.7. The first-order chi connectivity index (χ1) is 6.49. The van der Waals surface area contributed by atoms with Crippen LogP contribution in [0.15, 0.2) is 0 Å². The number of carbonyl (C=O) groups is 1. The summed E-state index contributed by atoms with van der Waals surface area (Å²) in [5, 5.41) is 8.98. The van der Waals surface area contributed by atoms with Gasteiger partial charge in [-0.25, -0.2) is 0 Å². The van der Waals surface area contributed by atoms with Crippen LogP contribution in [0.1, 0.15) is 13.8 Å². The number of aliphatic carboxylic acids is 1. The molecule has 0 amide bonds. The van der Waals surface area contributed by atoms with E-state index in [0.717, 1.165) is 13.1 Å². The van der Waals surface area contributed by atoms with Crippen LogP contribution in [0.3, 0.4) is 0 Å². The first-order valence-electron chi connectivity index (χ1n) is 5.04. The van der Waals surface area contributed by atoms with Crippen LogP contribution < -0.4 is 0 Å². The van der Waals surface area contributed by atoms with Gasteiger partial charge in [-0.3, -0.25) is 9.69 Å². The van der Waals surface area contributed by atoms with Gasteiger partial charge < -0.3 is 9.84 Å². The molecule has 1 N–H and O–H groups in total. The van der Waals surface area contributed by atoms with Crippen molar-refractivity contribution in [3.63, 3.8) is 0 Å². The Hall–Kier alpha value is -0.610. The van der Waals surface area contributed by atoms with E-state index in [1.807, 2.05) is 0 Å². The monoisotopic (exact) mass is 199 g/mol. The lowest BCUT2D eigenvalue weighted by Gasteiger charge is -2.49. The summed E-state index contributed by atoms with van der Waals surface area (Å²) >= 11 is 0. The highest BCUT2D eigenvalue weighted by molar-refractivity contribution is 5.71. The maximum absolute atomic E-state index is 10.9. The van der Waals surface area contributed by atoms with Crippen LogP contribution in [0, 0.1) is 11.3 Å². The number of carboxylic acid groups (broad SMARTS) is 1. The van der Waals surface area contributed by atoms with Crippen LogP contribution >= 0.6 is 0 Å². The van der Waals surface area contributed by atoms with Crippen LogP contribution in [0.5, 0.6) is 0 Å². The molecule has 2 unspecified atom stereocenters. The molecule has 80 valence electrons. The van der Waals surface area contributed by atoms with Gasteiger partial charge in [-0.15, -0.1) is 0 Å². The fourth-order valence-corrected chi connectivity index (χ4v) is 2.43. The van der Waals surface area contributed by atoms with Crippen LogP contribution in [-0.2, 0) is 9.53 Å². The van der Waals surface area contributed by atoms with Crippen molar-refractivity contribution in [2.45, 2.75) is 19.9 Å². The average Bonchev–Trinajstić information content (AvgIpc) is 2.46. The maximum Gasteiger partial charge on any atom is 0.310 e. The second-order valence-corrected chi connectivity index (χ2v) is 5.12. The minimum atomic E-state index is -0.725. The van der Waals surface area contributed by atoms with Crippen molar-refractivity contribution in [3.8, 4) is 0 Å². The molecule has 0 aromatic carbocycles. The molecule has 2 aliphatic rings. The summed E-state index contributed by atoms with van der Waals surface area (Å²) in [6.45, 7) is 7.34. The molecule has 0 aromatic heterocycles. The maximum atomic E-state index is 10.9. The Morgan fingerprint density at radius 1 is 1.43 bits per heavy atom. The van der Waals surface area contributed by atoms with Crippen molar-refractivity contribution in [2.24, 2.45) is 11.3 Å². The molecule has 2 atom stereocenters. The average molecular weight is 199 g/mol. The van der Waals surface area contributed by atoms with Gasteiger partial charge in [-0.1, -0.05) is 13.8 Å². The summed E-state index contributed by atoms with van der Waals surface area (Å²) in [6.07, 6.45) is 0. The quantitative estimate of drug-likeness (QED) is 0.700. The molecule has 0 aliphatic carbocycles. The van der Waals surface area contributed by atoms with Gasteiger partial charge in [0, 0.05) is 19.1 Å². The summed E-state index contributed by atoms with van der Waals surface area (Å²) in [5.41, 5.74) is 0.353. The fourth-order valence-electron chi connectivity index (χ4n) is 2.43. The van der Waals surface area contributed by atoms with Gasteiger partial charge in [0.2, 0.25) is 0 Å². The zero-order chi connectivity index (χ0) is 10.3. The number of hydrogen-bond acceptors (Lipinski definition) is 3. The van der Waals surface area contributed by atoms with Crippen LogP contribution in [-0.4, -0.2) is 48.3 Å². The van der Waals surface area contributed by atoms with E-state index in [2.05, 4.69) is 18.7 Å². The van der Waals surface area contributed by atoms with Gasteiger partial charge >= 0.3 is 5.97 Å². The van der Waals surface area contributed by atoms with Crippen LogP contribution in [0.4, 0.5) is 0 Å². The van der Waals surface area contributed by atoms with E-state index < -0.39 is 5.97 Å². The van der Waals surface area contributed by atoms with Crippen LogP contribution in [0.25, 0.3) is 0 Å². The molecule has 4 nitrogen and oxygen atoms in total. The molecule has 0 radical (unpaired) electrons. The molecular formula is C10H17NO3. The number of nitrogens with zero attached hydrogens (tertiary/aromatic N) is 1. The highest BCUT2D eigenvalue weighted by Gasteiger charge is 2.45. The minimum absolute atomic E-state index is 0.0977. The third kappa shape index (κ3) is 1.64. The van der Waals surface area contributed by atoms with Crippen molar-refractivity contribution in [2.75, 3.05) is 26.3 Å². The second kappa shape index (κ2) is 3.21. The van der Waals surface area contributed by atoms with Gasteiger partial charge in [-0.2, -0.15) is 0 Å². The number of carboxylic acids is 1. The van der Waals surface area contributed by atoms with E-state index in [0.29, 0.717) is 18.6 Å². The van der Waals surface area contributed by atoms with E-state index in [1.54, 1.807) is 0 Å². The van der Waals surface area contributed by atoms with E-state index in [9.17, 15) is 4.79 Å². The lowest BCUT2D eigenvalue weighted by atomic mass is 9.82. The highest BCUT2D eigenvalue weighted by atomic mass is 16.5. The van der Waals surface area contributed by atoms with Crippen molar-refractivity contribution in [3.05, 3.63) is 0 Å². The van der Waals surface area contributed by atoms with Gasteiger partial charge in [0.15, 0.2) is 0 Å². The van der Waals surface area contributed by atoms with Gasteiger partial charge in [0.1, 0.15) is 0 Å². The smallest absolute Gasteiger partial charge is 0.310 e. The van der Waals surface area contributed by atoms with E-state index in [4.69, 9.17) is 9.84 Å². The van der Waals surface area contributed by atoms with Crippen molar-refractivity contribution < 1.29 is 14.6 Å². The fraction of sp³-hybridized carbons (Fsp3) is 0.900. The molecule has 2 aliphatic heterocycles. The Morgan fingerprint density at radius 2 is 2.07 bits per heavy atom. The molecule has 0 bridgehead atoms. The Morgan fingerprint density at radius 3 is 2.57 bits per heavy atom. The summed E-state index contributed by atoms with van der Waals surface area (Å²) in [7, 11) is 0. The SMILES string of the molecule is CC1(C)CN(C2COCC2C(=O)O)C1. The third-order valence-electron chi connectivity index (χ3n) is 3.10. The Labute approximate surface area is 83.8 Å². The molecule has 2 saturated heterocycles. The Balaban J connectivity index is 1.95. The van der Waals surface area contributed by atoms with Gasteiger partial charge in [-0.05, 0) is 5.41 Å². The summed E-state index contributed by atoms with van der Waals surface area (Å²) in [5.74, 6) is -1.05. The predicted octanol–water partition coefficient (Wildman–Crippen LogP) is 0.428. The molecular weight excluding hydrogens is 182 g/mol. The number of ether oxygens (including phenoxy) is 1. The first kappa shape index (κ1) is 9.93. The van der Waals surface area contributed by atoms with Gasteiger partial charge in [0.25, 0.3) is 0 Å². The predicted molar refractivity (Wildman–Crippen MR) is 51.1 cm³/mol. The van der Waals surface area contributed by atoms with E-state index >= 15 is 0 Å². The molecule has 0 aromatic rings. The summed E-state index contributed by atoms with van der Waals surface area (Å²) < 4.78 is 5.23. The Kier molecular flexibility index (Phi) is 2.27. The largest absolute Gasteiger partial charge is 0.481 e. The molecule has 0 spiro atoms. The molecule has 2 heterocycles. The lowest BCUT2D eigenvalue weighted by molar-refractivity contribution is -0.144. The molecule has 14 heavy (non-hydrogen) atoms. The first-order valence-corrected chi connectivity index (χ1v) is 5.04. The third-order valence-corrected chi connectivity index (χ3v) is 3.10. The molecule has 2 rings (SSSR count). The van der Waals surface area contributed by atoms with Crippen molar-refractivity contribution >= 4 is 5.97 Å². The van der Waals surface area contributed by atoms with E-state index in [-0.39, 0.29) is 12.0 Å². The zero-order valence-electron chi connectivity index (χ0n) is 8.69. The second-order valence-electron chi connectivity index (χ2n) is 5.12.